The van der Waals surface area contributed by atoms with Crippen LogP contribution in [0.2, 0.25) is 0 Å². The number of Topliss-reactive ketones (excluding diaryl/α,β-unsaturated/α-hetero) is 1. The van der Waals surface area contributed by atoms with Crippen molar-refractivity contribution in [2.45, 2.75) is 13.0 Å². The molecule has 1 unspecified atom stereocenters. The smallest absolute Gasteiger partial charge is 0.494 e. The Morgan fingerprint density at radius 2 is 1.76 bits per heavy atom. The van der Waals surface area contributed by atoms with E-state index in [1.807, 2.05) is 18.2 Å². The summed E-state index contributed by atoms with van der Waals surface area (Å²) in [5.41, 5.74) is 0.662. The zero-order valence-electron chi connectivity index (χ0n) is 23.1. The van der Waals surface area contributed by atoms with E-state index in [0.29, 0.717) is 41.8 Å². The van der Waals surface area contributed by atoms with Gasteiger partial charge in [0, 0.05) is 30.6 Å². The van der Waals surface area contributed by atoms with Crippen LogP contribution in [0.5, 0.6) is 5.75 Å². The predicted molar refractivity (Wildman–Crippen MR) is 156 cm³/mol. The first-order chi connectivity index (χ1) is 20.3. The Morgan fingerprint density at radius 1 is 1.02 bits per heavy atom. The van der Waals surface area contributed by atoms with Crippen molar-refractivity contribution in [3.8, 4) is 5.75 Å². The number of methoxy groups -OCH3 is 2. The van der Waals surface area contributed by atoms with Gasteiger partial charge in [-0.2, -0.15) is 0 Å². The molecule has 1 N–H and O–H groups in total. The van der Waals surface area contributed by atoms with Gasteiger partial charge in [-0.05, 0) is 18.4 Å². The van der Waals surface area contributed by atoms with E-state index in [-0.39, 0.29) is 40.2 Å². The Hall–Kier alpha value is -4.71. The molecule has 5 rings (SSSR count). The molecule has 2 aromatic carbocycles. The van der Waals surface area contributed by atoms with E-state index >= 15 is 0 Å². The molecule has 11 nitrogen and oxygen atoms in total. The molecule has 42 heavy (non-hydrogen) atoms. The summed E-state index contributed by atoms with van der Waals surface area (Å²) in [6.45, 7) is 0.602. The molecule has 218 valence electrons. The zero-order chi connectivity index (χ0) is 29.8. The summed E-state index contributed by atoms with van der Waals surface area (Å²) in [6.07, 6.45) is -0.260. The fourth-order valence-electron chi connectivity index (χ4n) is 5.12. The highest BCUT2D eigenvalue weighted by Crippen LogP contribution is 2.39. The minimum Gasteiger partial charge on any atom is -0.494 e. The third kappa shape index (κ3) is 5.70. The molecular formula is C30H29N3O8S. The second-order valence-electron chi connectivity index (χ2n) is 9.81. The third-order valence-corrected chi connectivity index (χ3v) is 8.44. The Morgan fingerprint density at radius 3 is 2.50 bits per heavy atom. The summed E-state index contributed by atoms with van der Waals surface area (Å²) in [7, 11) is 2.57. The van der Waals surface area contributed by atoms with Crippen molar-refractivity contribution in [2.75, 3.05) is 40.5 Å². The number of amides is 2. The number of nitrogens with zero attached hydrogens (tertiary/aromatic N) is 2. The van der Waals surface area contributed by atoms with E-state index in [1.54, 1.807) is 41.3 Å². The van der Waals surface area contributed by atoms with Crippen LogP contribution >= 0.6 is 11.3 Å². The lowest BCUT2D eigenvalue weighted by Crippen LogP contribution is -2.35. The van der Waals surface area contributed by atoms with Gasteiger partial charge >= 0.3 is 6.16 Å². The summed E-state index contributed by atoms with van der Waals surface area (Å²) in [4.78, 5) is 65.5. The van der Waals surface area contributed by atoms with Crippen LogP contribution < -0.4 is 15.6 Å². The first-order valence-corrected chi connectivity index (χ1v) is 14.1. The number of hydrogen-bond acceptors (Lipinski definition) is 9. The molecule has 2 amide bonds. The van der Waals surface area contributed by atoms with Gasteiger partial charge in [0.05, 0.1) is 31.0 Å². The number of fused-ring (bicyclic) bond motifs is 3. The van der Waals surface area contributed by atoms with Gasteiger partial charge < -0.3 is 24.4 Å². The summed E-state index contributed by atoms with van der Waals surface area (Å²) < 4.78 is 16.7. The summed E-state index contributed by atoms with van der Waals surface area (Å²) in [5.74, 6) is -0.794. The van der Waals surface area contributed by atoms with Crippen LogP contribution in [-0.4, -0.2) is 73.7 Å². The van der Waals surface area contributed by atoms with Crippen LogP contribution in [0.15, 0.2) is 59.4 Å². The predicted octanol–water partition coefficient (Wildman–Crippen LogP) is 3.47. The van der Waals surface area contributed by atoms with Crippen molar-refractivity contribution in [1.29, 1.82) is 0 Å². The van der Waals surface area contributed by atoms with Crippen molar-refractivity contribution in [1.82, 2.24) is 14.8 Å². The van der Waals surface area contributed by atoms with Crippen LogP contribution in [0, 0.1) is 5.92 Å². The zero-order valence-corrected chi connectivity index (χ0v) is 23.9. The van der Waals surface area contributed by atoms with Gasteiger partial charge in [-0.3, -0.25) is 23.7 Å². The van der Waals surface area contributed by atoms with Crippen molar-refractivity contribution in [3.63, 3.8) is 0 Å². The molecule has 2 aromatic heterocycles. The second kappa shape index (κ2) is 12.4. The minimum atomic E-state index is -0.925. The van der Waals surface area contributed by atoms with Crippen LogP contribution in [0.4, 0.5) is 4.79 Å². The number of carbonyl (C=O) groups is 4. The standard InChI is InChI=1S/C30H29N3O8S/c1-39-25-24-26(20-10-6-7-11-21(20)33(29(24)37)16-22(34)19-8-4-3-5-9-19)42-27(25)28(36)31-14-18-12-13-32(15-18)23(35)17-41-30(38)40-2/h3-11,18H,12-17H2,1-2H3,(H,31,36). The van der Waals surface area contributed by atoms with E-state index in [0.717, 1.165) is 23.8 Å². The molecule has 1 aliphatic rings. The SMILES string of the molecule is COC(=O)OCC(=O)N1CCC(CNC(=O)c2sc3c(c2OC)c(=O)n(CC(=O)c2ccccc2)c2ccccc32)C1. The lowest BCUT2D eigenvalue weighted by molar-refractivity contribution is -0.134. The maximum absolute atomic E-state index is 13.8. The van der Waals surface area contributed by atoms with Gasteiger partial charge in [0.25, 0.3) is 17.4 Å². The number of thiophene rings is 1. The Kier molecular flexibility index (Phi) is 8.53. The molecular weight excluding hydrogens is 562 g/mol. The number of rotatable bonds is 9. The van der Waals surface area contributed by atoms with Gasteiger partial charge in [0.15, 0.2) is 18.1 Å². The molecule has 1 aliphatic heterocycles. The molecule has 1 fully saturated rings. The largest absolute Gasteiger partial charge is 0.508 e. The number of para-hydroxylation sites is 1. The Balaban J connectivity index is 1.38. The van der Waals surface area contributed by atoms with Crippen molar-refractivity contribution >= 4 is 56.1 Å². The molecule has 0 radical (unpaired) electrons. The van der Waals surface area contributed by atoms with Gasteiger partial charge in [-0.15, -0.1) is 11.3 Å². The number of benzene rings is 2. The van der Waals surface area contributed by atoms with E-state index < -0.39 is 24.2 Å². The molecule has 0 bridgehead atoms. The first-order valence-electron chi connectivity index (χ1n) is 13.3. The lowest BCUT2D eigenvalue weighted by Gasteiger charge is -2.16. The van der Waals surface area contributed by atoms with Crippen molar-refractivity contribution in [2.24, 2.45) is 5.92 Å². The highest BCUT2D eigenvalue weighted by molar-refractivity contribution is 7.22. The fraction of sp³-hybridized carbons (Fsp3) is 0.300. The summed E-state index contributed by atoms with van der Waals surface area (Å²) in [5, 5.41) is 3.89. The van der Waals surface area contributed by atoms with E-state index in [1.165, 1.54) is 11.7 Å². The number of pyridine rings is 1. The monoisotopic (exact) mass is 591 g/mol. The minimum absolute atomic E-state index is 0.00143. The summed E-state index contributed by atoms with van der Waals surface area (Å²) >= 11 is 1.16. The summed E-state index contributed by atoms with van der Waals surface area (Å²) in [6, 6.07) is 16.0. The van der Waals surface area contributed by atoms with Gasteiger partial charge in [0.1, 0.15) is 10.3 Å². The van der Waals surface area contributed by atoms with Crippen LogP contribution in [0.3, 0.4) is 0 Å². The number of ketones is 1. The van der Waals surface area contributed by atoms with Crippen molar-refractivity contribution < 1.29 is 33.4 Å². The van der Waals surface area contributed by atoms with Gasteiger partial charge in [-0.1, -0.05) is 48.5 Å². The maximum atomic E-state index is 13.8. The fourth-order valence-corrected chi connectivity index (χ4v) is 6.33. The molecule has 1 atom stereocenters. The van der Waals surface area contributed by atoms with Crippen LogP contribution in [0.1, 0.15) is 26.5 Å². The molecule has 0 aliphatic carbocycles. The number of likely N-dealkylation sites (tertiary alicyclic amines) is 1. The Labute approximate surface area is 244 Å². The molecule has 3 heterocycles. The number of carbonyl (C=O) groups excluding carboxylic acids is 4. The number of hydrogen-bond donors (Lipinski definition) is 1. The molecule has 12 heteroatoms. The van der Waals surface area contributed by atoms with E-state index in [2.05, 4.69) is 10.1 Å². The number of ether oxygens (including phenoxy) is 3. The highest BCUT2D eigenvalue weighted by atomic mass is 32.1. The molecule has 1 saturated heterocycles. The Bertz CT molecular complexity index is 1730. The van der Waals surface area contributed by atoms with Gasteiger partial charge in [-0.25, -0.2) is 4.79 Å². The quantitative estimate of drug-likeness (QED) is 0.231. The van der Waals surface area contributed by atoms with Crippen LogP contribution in [0.25, 0.3) is 21.0 Å². The molecule has 0 spiro atoms. The van der Waals surface area contributed by atoms with Crippen molar-refractivity contribution in [3.05, 3.63) is 75.4 Å². The average Bonchev–Trinajstić information content (AvgIpc) is 3.66. The normalized spacial score (nSPS) is 14.6. The van der Waals surface area contributed by atoms with Gasteiger partial charge in [0.2, 0.25) is 0 Å². The highest BCUT2D eigenvalue weighted by Gasteiger charge is 2.29. The third-order valence-electron chi connectivity index (χ3n) is 7.24. The maximum Gasteiger partial charge on any atom is 0.508 e. The average molecular weight is 592 g/mol. The second-order valence-corrected chi connectivity index (χ2v) is 10.8. The number of nitrogens with one attached hydrogen (secondary N) is 1. The lowest BCUT2D eigenvalue weighted by atomic mass is 10.1. The van der Waals surface area contributed by atoms with Crippen LogP contribution in [-0.2, 0) is 20.8 Å². The van der Waals surface area contributed by atoms with E-state index in [9.17, 15) is 24.0 Å². The molecule has 0 saturated carbocycles. The molecule has 4 aromatic rings. The first kappa shape index (κ1) is 28.8. The van der Waals surface area contributed by atoms with E-state index in [4.69, 9.17) is 9.47 Å². The number of aromatic nitrogens is 1. The topological polar surface area (TPSA) is 133 Å².